The van der Waals surface area contributed by atoms with Crippen molar-refractivity contribution in [1.82, 2.24) is 0 Å². The van der Waals surface area contributed by atoms with Crippen molar-refractivity contribution in [2.75, 3.05) is 0 Å². The quantitative estimate of drug-likeness (QED) is 0.790. The highest BCUT2D eigenvalue weighted by molar-refractivity contribution is 5.72. The minimum absolute atomic E-state index is 0.0172. The van der Waals surface area contributed by atoms with E-state index in [0.29, 0.717) is 6.42 Å². The Labute approximate surface area is 128 Å². The standard InChI is InChI=1S/C14H24O3.C3H5N/c1-10-2-8-13(9-3-10)17-14(16)11-4-6-12(15)7-5-11;1-2-3-4/h10-13,15H,2-9H2,1H3;2H2,1H3. The van der Waals surface area contributed by atoms with Crippen LogP contribution in [0.25, 0.3) is 0 Å². The Kier molecular flexibility index (Phi) is 8.37. The van der Waals surface area contributed by atoms with E-state index in [0.717, 1.165) is 44.4 Å². The summed E-state index contributed by atoms with van der Waals surface area (Å²) in [6.45, 7) is 4.08. The summed E-state index contributed by atoms with van der Waals surface area (Å²) in [5, 5.41) is 17.0. The number of carbonyl (C=O) groups excluding carboxylic acids is 1. The van der Waals surface area contributed by atoms with Crippen LogP contribution in [0.15, 0.2) is 0 Å². The van der Waals surface area contributed by atoms with Crippen LogP contribution >= 0.6 is 0 Å². The van der Waals surface area contributed by atoms with E-state index in [2.05, 4.69) is 6.92 Å². The molecule has 4 nitrogen and oxygen atoms in total. The molecule has 21 heavy (non-hydrogen) atoms. The fourth-order valence-electron chi connectivity index (χ4n) is 2.92. The average Bonchev–Trinajstić information content (AvgIpc) is 2.50. The van der Waals surface area contributed by atoms with Crippen LogP contribution in [-0.2, 0) is 9.53 Å². The first-order valence-electron chi connectivity index (χ1n) is 8.32. The zero-order valence-electron chi connectivity index (χ0n) is 13.4. The van der Waals surface area contributed by atoms with E-state index in [1.165, 1.54) is 12.8 Å². The number of hydrogen-bond acceptors (Lipinski definition) is 4. The molecule has 2 saturated carbocycles. The average molecular weight is 295 g/mol. The molecule has 0 bridgehead atoms. The third-order valence-corrected chi connectivity index (χ3v) is 4.43. The van der Waals surface area contributed by atoms with Gasteiger partial charge in [-0.3, -0.25) is 4.79 Å². The summed E-state index contributed by atoms with van der Waals surface area (Å²) in [5.41, 5.74) is 0. The predicted molar refractivity (Wildman–Crippen MR) is 81.4 cm³/mol. The molecule has 120 valence electrons. The van der Waals surface area contributed by atoms with Crippen molar-refractivity contribution in [3.8, 4) is 6.07 Å². The van der Waals surface area contributed by atoms with E-state index in [1.54, 1.807) is 0 Å². The molecule has 0 aromatic heterocycles. The van der Waals surface area contributed by atoms with Crippen LogP contribution in [0.4, 0.5) is 0 Å². The zero-order chi connectivity index (χ0) is 15.7. The smallest absolute Gasteiger partial charge is 0.309 e. The van der Waals surface area contributed by atoms with Crippen molar-refractivity contribution >= 4 is 5.97 Å². The van der Waals surface area contributed by atoms with Gasteiger partial charge in [-0.1, -0.05) is 13.8 Å². The summed E-state index contributed by atoms with van der Waals surface area (Å²) in [7, 11) is 0. The number of aliphatic hydroxyl groups excluding tert-OH is 1. The van der Waals surface area contributed by atoms with E-state index < -0.39 is 0 Å². The van der Waals surface area contributed by atoms with Crippen molar-refractivity contribution in [2.45, 2.75) is 83.8 Å². The van der Waals surface area contributed by atoms with Crippen molar-refractivity contribution in [3.63, 3.8) is 0 Å². The second-order valence-corrected chi connectivity index (χ2v) is 6.34. The van der Waals surface area contributed by atoms with Crippen LogP contribution < -0.4 is 0 Å². The Morgan fingerprint density at radius 2 is 1.67 bits per heavy atom. The summed E-state index contributed by atoms with van der Waals surface area (Å²) in [6, 6.07) is 1.93. The van der Waals surface area contributed by atoms with Gasteiger partial charge in [-0.2, -0.15) is 5.26 Å². The molecule has 0 heterocycles. The summed E-state index contributed by atoms with van der Waals surface area (Å²) >= 11 is 0. The van der Waals surface area contributed by atoms with Crippen LogP contribution in [0, 0.1) is 23.2 Å². The van der Waals surface area contributed by atoms with E-state index in [9.17, 15) is 9.90 Å². The summed E-state index contributed by atoms with van der Waals surface area (Å²) in [4.78, 5) is 12.0. The monoisotopic (exact) mass is 295 g/mol. The number of carbonyl (C=O) groups is 1. The van der Waals surface area contributed by atoms with Gasteiger partial charge in [0.25, 0.3) is 0 Å². The van der Waals surface area contributed by atoms with Gasteiger partial charge in [-0.25, -0.2) is 0 Å². The molecule has 0 radical (unpaired) electrons. The van der Waals surface area contributed by atoms with Crippen LogP contribution in [0.3, 0.4) is 0 Å². The maximum absolute atomic E-state index is 12.0. The van der Waals surface area contributed by atoms with E-state index in [-0.39, 0.29) is 24.1 Å². The second kappa shape index (κ2) is 9.78. The highest BCUT2D eigenvalue weighted by Crippen LogP contribution is 2.29. The first-order valence-corrected chi connectivity index (χ1v) is 8.32. The van der Waals surface area contributed by atoms with Gasteiger partial charge in [0.1, 0.15) is 6.10 Å². The third-order valence-electron chi connectivity index (χ3n) is 4.43. The number of ether oxygens (including phenoxy) is 1. The SMILES string of the molecule is CC1CCC(OC(=O)C2CCC(O)CC2)CC1.CCC#N. The number of aliphatic hydroxyl groups is 1. The molecule has 0 spiro atoms. The molecule has 0 aliphatic heterocycles. The molecule has 0 atom stereocenters. The molecule has 4 heteroatoms. The highest BCUT2D eigenvalue weighted by Gasteiger charge is 2.29. The van der Waals surface area contributed by atoms with Gasteiger partial charge >= 0.3 is 5.97 Å². The lowest BCUT2D eigenvalue weighted by molar-refractivity contribution is -0.157. The lowest BCUT2D eigenvalue weighted by Crippen LogP contribution is -2.30. The molecule has 0 aromatic rings. The molecule has 2 aliphatic rings. The van der Waals surface area contributed by atoms with E-state index in [4.69, 9.17) is 10.00 Å². The van der Waals surface area contributed by atoms with Gasteiger partial charge < -0.3 is 9.84 Å². The molecule has 2 aliphatic carbocycles. The lowest BCUT2D eigenvalue weighted by atomic mass is 9.86. The van der Waals surface area contributed by atoms with Gasteiger partial charge in [0.15, 0.2) is 0 Å². The van der Waals surface area contributed by atoms with Crippen molar-refractivity contribution < 1.29 is 14.6 Å². The Bertz CT molecular complexity index is 334. The van der Waals surface area contributed by atoms with Crippen LogP contribution in [-0.4, -0.2) is 23.3 Å². The number of esters is 1. The molecule has 0 aromatic carbocycles. The first kappa shape index (κ1) is 18.0. The van der Waals surface area contributed by atoms with Gasteiger partial charge in [-0.15, -0.1) is 0 Å². The number of hydrogen-bond donors (Lipinski definition) is 1. The first-order chi connectivity index (χ1) is 10.1. The minimum atomic E-state index is -0.199. The predicted octanol–water partition coefficient (Wildman–Crippen LogP) is 3.58. The van der Waals surface area contributed by atoms with Gasteiger partial charge in [0, 0.05) is 6.42 Å². The molecule has 0 saturated heterocycles. The minimum Gasteiger partial charge on any atom is -0.462 e. The summed E-state index contributed by atoms with van der Waals surface area (Å²) < 4.78 is 5.59. The normalized spacial score (nSPS) is 32.3. The molecular weight excluding hydrogens is 266 g/mol. The van der Waals surface area contributed by atoms with E-state index in [1.807, 2.05) is 13.0 Å². The largest absolute Gasteiger partial charge is 0.462 e. The van der Waals surface area contributed by atoms with Crippen molar-refractivity contribution in [1.29, 1.82) is 5.26 Å². The van der Waals surface area contributed by atoms with Crippen LogP contribution in [0.1, 0.15) is 71.6 Å². The molecule has 1 N–H and O–H groups in total. The van der Waals surface area contributed by atoms with Crippen LogP contribution in [0.2, 0.25) is 0 Å². The summed E-state index contributed by atoms with van der Waals surface area (Å²) in [5.74, 6) is 0.809. The number of nitrogens with zero attached hydrogens (tertiary/aromatic N) is 1. The third kappa shape index (κ3) is 6.95. The molecule has 0 amide bonds. The Balaban J connectivity index is 0.000000491. The molecular formula is C17H29NO3. The maximum atomic E-state index is 12.0. The van der Waals surface area contributed by atoms with Crippen molar-refractivity contribution in [2.24, 2.45) is 11.8 Å². The summed E-state index contributed by atoms with van der Waals surface area (Å²) in [6.07, 6.45) is 8.10. The molecule has 2 fully saturated rings. The number of nitriles is 1. The lowest BCUT2D eigenvalue weighted by Gasteiger charge is -2.29. The molecule has 0 unspecified atom stereocenters. The fraction of sp³-hybridized carbons (Fsp3) is 0.882. The Morgan fingerprint density at radius 3 is 2.14 bits per heavy atom. The fourth-order valence-corrected chi connectivity index (χ4v) is 2.92. The van der Waals surface area contributed by atoms with Crippen LogP contribution in [0.5, 0.6) is 0 Å². The number of rotatable bonds is 2. The Morgan fingerprint density at radius 1 is 1.14 bits per heavy atom. The van der Waals surface area contributed by atoms with E-state index >= 15 is 0 Å². The topological polar surface area (TPSA) is 70.3 Å². The maximum Gasteiger partial charge on any atom is 0.309 e. The zero-order valence-corrected chi connectivity index (χ0v) is 13.4. The second-order valence-electron chi connectivity index (χ2n) is 6.34. The van der Waals surface area contributed by atoms with Gasteiger partial charge in [-0.05, 0) is 57.3 Å². The Hall–Kier alpha value is -1.08. The van der Waals surface area contributed by atoms with Gasteiger partial charge in [0.2, 0.25) is 0 Å². The molecule has 2 rings (SSSR count). The van der Waals surface area contributed by atoms with Gasteiger partial charge in [0.05, 0.1) is 18.1 Å². The highest BCUT2D eigenvalue weighted by atomic mass is 16.5. The van der Waals surface area contributed by atoms with Crippen molar-refractivity contribution in [3.05, 3.63) is 0 Å².